The maximum Gasteiger partial charge on any atom is 0.418 e. The van der Waals surface area contributed by atoms with E-state index in [1.54, 1.807) is 0 Å². The number of halogens is 4. The zero-order valence-corrected chi connectivity index (χ0v) is 18.8. The Morgan fingerprint density at radius 3 is 2.50 bits per heavy atom. The van der Waals surface area contributed by atoms with E-state index in [-0.39, 0.29) is 16.3 Å². The van der Waals surface area contributed by atoms with Gasteiger partial charge in [0.1, 0.15) is 5.69 Å². The first kappa shape index (κ1) is 25.3. The molecule has 0 radical (unpaired) electrons. The molecule has 12 heteroatoms. The highest BCUT2D eigenvalue weighted by Crippen LogP contribution is 2.36. The molecular formula is C22H21ClF3N3O5. The van der Waals surface area contributed by atoms with Crippen LogP contribution in [0.4, 0.5) is 30.2 Å². The van der Waals surface area contributed by atoms with Gasteiger partial charge in [0.15, 0.2) is 6.61 Å². The molecule has 1 aliphatic heterocycles. The number of alkyl halides is 3. The van der Waals surface area contributed by atoms with Crippen molar-refractivity contribution >= 4 is 40.5 Å². The summed E-state index contributed by atoms with van der Waals surface area (Å²) in [4.78, 5) is 37.3. The summed E-state index contributed by atoms with van der Waals surface area (Å²) < 4.78 is 44.3. The number of carbonyl (C=O) groups excluding carboxylic acids is 2. The molecule has 1 amide bonds. The Labute approximate surface area is 197 Å². The number of carbonyl (C=O) groups is 2. The Bertz CT molecular complexity index is 1100. The van der Waals surface area contributed by atoms with Crippen LogP contribution in [0.2, 0.25) is 5.02 Å². The number of nitro benzene ring substituents is 1. The highest BCUT2D eigenvalue weighted by Gasteiger charge is 2.34. The van der Waals surface area contributed by atoms with Gasteiger partial charge in [0.2, 0.25) is 0 Å². The maximum absolute atomic E-state index is 13.1. The van der Waals surface area contributed by atoms with E-state index in [0.717, 1.165) is 25.0 Å². The number of anilines is 2. The summed E-state index contributed by atoms with van der Waals surface area (Å²) in [7, 11) is 0. The molecule has 0 saturated carbocycles. The molecule has 1 fully saturated rings. The lowest BCUT2D eigenvalue weighted by Gasteiger charge is -2.31. The van der Waals surface area contributed by atoms with E-state index in [9.17, 15) is 32.9 Å². The zero-order chi connectivity index (χ0) is 25.0. The molecule has 1 heterocycles. The monoisotopic (exact) mass is 499 g/mol. The fourth-order valence-corrected chi connectivity index (χ4v) is 3.75. The molecule has 0 spiro atoms. The van der Waals surface area contributed by atoms with Gasteiger partial charge in [-0.2, -0.15) is 13.2 Å². The lowest BCUT2D eigenvalue weighted by molar-refractivity contribution is -0.384. The number of nitrogens with one attached hydrogen (secondary N) is 1. The topological polar surface area (TPSA) is 102 Å². The Morgan fingerprint density at radius 1 is 1.21 bits per heavy atom. The molecule has 0 unspecified atom stereocenters. The van der Waals surface area contributed by atoms with Gasteiger partial charge in [-0.05, 0) is 49.1 Å². The third kappa shape index (κ3) is 6.16. The average Bonchev–Trinajstić information content (AvgIpc) is 2.78. The van der Waals surface area contributed by atoms with Crippen LogP contribution in [-0.4, -0.2) is 36.5 Å². The van der Waals surface area contributed by atoms with Crippen molar-refractivity contribution in [1.29, 1.82) is 0 Å². The van der Waals surface area contributed by atoms with Crippen LogP contribution in [0.5, 0.6) is 0 Å². The average molecular weight is 500 g/mol. The van der Waals surface area contributed by atoms with Crippen molar-refractivity contribution in [3.63, 3.8) is 0 Å². The number of ether oxygens (including phenoxy) is 1. The Morgan fingerprint density at radius 2 is 1.88 bits per heavy atom. The number of esters is 1. The second-order valence-corrected chi connectivity index (χ2v) is 8.38. The number of hydrogen-bond acceptors (Lipinski definition) is 6. The van der Waals surface area contributed by atoms with Gasteiger partial charge in [0.25, 0.3) is 11.6 Å². The number of hydrogen-bond donors (Lipinski definition) is 1. The van der Waals surface area contributed by atoms with E-state index in [2.05, 4.69) is 6.92 Å². The second-order valence-electron chi connectivity index (χ2n) is 7.94. The molecule has 34 heavy (non-hydrogen) atoms. The van der Waals surface area contributed by atoms with Crippen LogP contribution in [0.1, 0.15) is 35.7 Å². The van der Waals surface area contributed by atoms with E-state index >= 15 is 0 Å². The maximum atomic E-state index is 13.1. The first-order valence-corrected chi connectivity index (χ1v) is 10.7. The minimum atomic E-state index is -4.77. The summed E-state index contributed by atoms with van der Waals surface area (Å²) in [6.45, 7) is 2.52. The molecule has 2 aromatic carbocycles. The van der Waals surface area contributed by atoms with Crippen LogP contribution < -0.4 is 10.2 Å². The molecule has 8 nitrogen and oxygen atoms in total. The minimum Gasteiger partial charge on any atom is -0.452 e. The van der Waals surface area contributed by atoms with Crippen LogP contribution in [0.15, 0.2) is 36.4 Å². The Hall–Kier alpha value is -3.34. The smallest absolute Gasteiger partial charge is 0.418 e. The molecule has 0 aromatic heterocycles. The summed E-state index contributed by atoms with van der Waals surface area (Å²) in [5.41, 5.74) is -1.75. The van der Waals surface area contributed by atoms with Gasteiger partial charge in [-0.3, -0.25) is 14.9 Å². The van der Waals surface area contributed by atoms with E-state index < -0.39 is 40.8 Å². The third-order valence-electron chi connectivity index (χ3n) is 5.43. The van der Waals surface area contributed by atoms with Gasteiger partial charge < -0.3 is 15.0 Å². The number of nitrogens with zero attached hydrogens (tertiary/aromatic N) is 2. The number of nitro groups is 1. The lowest BCUT2D eigenvalue weighted by Crippen LogP contribution is -2.33. The molecule has 182 valence electrons. The van der Waals surface area contributed by atoms with Gasteiger partial charge in [-0.1, -0.05) is 18.5 Å². The third-order valence-corrected chi connectivity index (χ3v) is 5.66. The largest absolute Gasteiger partial charge is 0.452 e. The number of piperidine rings is 1. The summed E-state index contributed by atoms with van der Waals surface area (Å²) in [6.07, 6.45) is -2.99. The molecule has 0 aliphatic carbocycles. The quantitative estimate of drug-likeness (QED) is 0.329. The van der Waals surface area contributed by atoms with Crippen LogP contribution in [0.25, 0.3) is 0 Å². The van der Waals surface area contributed by atoms with Gasteiger partial charge in [0.05, 0.1) is 21.7 Å². The number of benzene rings is 2. The molecule has 2 aromatic rings. The fourth-order valence-electron chi connectivity index (χ4n) is 3.57. The van der Waals surface area contributed by atoms with Crippen LogP contribution in [0, 0.1) is 16.0 Å². The van der Waals surface area contributed by atoms with Gasteiger partial charge in [0, 0.05) is 24.2 Å². The van der Waals surface area contributed by atoms with Crippen LogP contribution in [-0.2, 0) is 15.7 Å². The van der Waals surface area contributed by atoms with E-state index in [1.165, 1.54) is 18.2 Å². The molecule has 1 aliphatic rings. The number of amides is 1. The summed E-state index contributed by atoms with van der Waals surface area (Å²) in [6, 6.07) is 6.67. The predicted octanol–water partition coefficient (Wildman–Crippen LogP) is 5.30. The fraction of sp³-hybridized carbons (Fsp3) is 0.364. The van der Waals surface area contributed by atoms with Crippen molar-refractivity contribution in [1.82, 2.24) is 0 Å². The predicted molar refractivity (Wildman–Crippen MR) is 119 cm³/mol. The molecule has 1 saturated heterocycles. The normalized spacial score (nSPS) is 14.6. The van der Waals surface area contributed by atoms with Crippen molar-refractivity contribution in [3.05, 3.63) is 62.7 Å². The number of rotatable bonds is 6. The molecule has 0 atom stereocenters. The molecule has 3 rings (SSSR count). The second kappa shape index (κ2) is 10.3. The lowest BCUT2D eigenvalue weighted by atomic mass is 9.98. The zero-order valence-electron chi connectivity index (χ0n) is 18.0. The van der Waals surface area contributed by atoms with Crippen molar-refractivity contribution in [2.45, 2.75) is 25.9 Å². The Kier molecular flexibility index (Phi) is 7.65. The highest BCUT2D eigenvalue weighted by atomic mass is 35.5. The summed E-state index contributed by atoms with van der Waals surface area (Å²) >= 11 is 5.60. The van der Waals surface area contributed by atoms with E-state index in [0.29, 0.717) is 30.8 Å². The van der Waals surface area contributed by atoms with Crippen LogP contribution >= 0.6 is 11.6 Å². The van der Waals surface area contributed by atoms with Crippen LogP contribution in [0.3, 0.4) is 0 Å². The van der Waals surface area contributed by atoms with Gasteiger partial charge in [-0.25, -0.2) is 4.79 Å². The van der Waals surface area contributed by atoms with Crippen molar-refractivity contribution in [2.24, 2.45) is 5.92 Å². The first-order chi connectivity index (χ1) is 16.0. The molecule has 1 N–H and O–H groups in total. The van der Waals surface area contributed by atoms with Crippen molar-refractivity contribution in [2.75, 3.05) is 29.9 Å². The van der Waals surface area contributed by atoms with E-state index in [1.807, 2.05) is 10.2 Å². The highest BCUT2D eigenvalue weighted by molar-refractivity contribution is 6.30. The van der Waals surface area contributed by atoms with Crippen molar-refractivity contribution < 1.29 is 32.4 Å². The van der Waals surface area contributed by atoms with Gasteiger partial charge >= 0.3 is 12.1 Å². The molecule has 0 bridgehead atoms. The molecular weight excluding hydrogens is 479 g/mol. The summed E-state index contributed by atoms with van der Waals surface area (Å²) in [5.74, 6) is -1.52. The minimum absolute atomic E-state index is 0.156. The summed E-state index contributed by atoms with van der Waals surface area (Å²) in [5, 5.41) is 13.4. The SMILES string of the molecule is CC1CCN(c2ccc(C(=O)OCC(=O)Nc3ccc(Cl)cc3C(F)(F)F)cc2[N+](=O)[O-])CC1. The Balaban J connectivity index is 1.68. The first-order valence-electron chi connectivity index (χ1n) is 10.3. The van der Waals surface area contributed by atoms with Gasteiger partial charge in [-0.15, -0.1) is 0 Å². The standard InChI is InChI=1S/C22H21ClF3N3O5/c1-13-6-8-28(9-7-13)18-5-2-14(10-19(18)29(32)33)21(31)34-12-20(30)27-17-4-3-15(23)11-16(17)22(24,25)26/h2-5,10-11,13H,6-9,12H2,1H3,(H,27,30). The van der Waals surface area contributed by atoms with E-state index in [4.69, 9.17) is 16.3 Å². The van der Waals surface area contributed by atoms with Crippen molar-refractivity contribution in [3.8, 4) is 0 Å².